The van der Waals surface area contributed by atoms with Gasteiger partial charge < -0.3 is 10.1 Å². The Morgan fingerprint density at radius 1 is 1.50 bits per heavy atom. The number of ether oxygens (including phenoxy) is 1. The molecule has 1 aliphatic heterocycles. The van der Waals surface area contributed by atoms with Crippen LogP contribution < -0.4 is 10.1 Å². The molecule has 2 rings (SSSR count). The third kappa shape index (κ3) is 3.20. The number of hydrogen-bond donors (Lipinski definition) is 1. The highest BCUT2D eigenvalue weighted by molar-refractivity contribution is 9.10. The fourth-order valence-corrected chi connectivity index (χ4v) is 2.50. The maximum Gasteiger partial charge on any atom is 0.312 e. The Morgan fingerprint density at radius 3 is 3.00 bits per heavy atom. The maximum absolute atomic E-state index is 10.9. The van der Waals surface area contributed by atoms with Crippen LogP contribution in [0.4, 0.5) is 5.69 Å². The molecule has 1 aromatic carbocycles. The number of para-hydroxylation sites is 1. The topological polar surface area (TPSA) is 64.4 Å². The summed E-state index contributed by atoms with van der Waals surface area (Å²) >= 11 is 3.29. The molecule has 0 radical (unpaired) electrons. The van der Waals surface area contributed by atoms with Crippen molar-refractivity contribution in [1.29, 1.82) is 0 Å². The van der Waals surface area contributed by atoms with Crippen LogP contribution in [0.15, 0.2) is 22.7 Å². The molecule has 98 valence electrons. The number of piperidine rings is 1. The first-order valence-corrected chi connectivity index (χ1v) is 6.77. The van der Waals surface area contributed by atoms with E-state index in [0.29, 0.717) is 16.8 Å². The molecule has 1 fully saturated rings. The van der Waals surface area contributed by atoms with Crippen molar-refractivity contribution in [2.24, 2.45) is 0 Å². The summed E-state index contributed by atoms with van der Waals surface area (Å²) < 4.78 is 6.24. The zero-order valence-corrected chi connectivity index (χ0v) is 11.5. The molecule has 0 saturated carbocycles. The van der Waals surface area contributed by atoms with Crippen molar-refractivity contribution in [2.45, 2.75) is 25.3 Å². The van der Waals surface area contributed by atoms with Gasteiger partial charge in [0, 0.05) is 12.1 Å². The van der Waals surface area contributed by atoms with Gasteiger partial charge in [-0.15, -0.1) is 0 Å². The highest BCUT2D eigenvalue weighted by Gasteiger charge is 2.20. The standard InChI is InChI=1S/C12H15BrN2O3/c13-10-5-3-6-11(15(16)17)12(10)18-8-9-4-1-2-7-14-9/h3,5-6,9,14H,1-2,4,7-8H2/t9-/m0/s1. The van der Waals surface area contributed by atoms with Gasteiger partial charge in [0.1, 0.15) is 6.61 Å². The summed E-state index contributed by atoms with van der Waals surface area (Å²) in [5.74, 6) is 0.315. The van der Waals surface area contributed by atoms with Gasteiger partial charge in [0.2, 0.25) is 5.75 Å². The first kappa shape index (κ1) is 13.3. The molecule has 1 aromatic rings. The summed E-state index contributed by atoms with van der Waals surface area (Å²) in [5, 5.41) is 14.3. The molecule has 5 nitrogen and oxygen atoms in total. The van der Waals surface area contributed by atoms with Crippen LogP contribution in [0.5, 0.6) is 5.75 Å². The molecule has 6 heteroatoms. The van der Waals surface area contributed by atoms with Gasteiger partial charge in [0.05, 0.1) is 9.40 Å². The number of nitrogens with one attached hydrogen (secondary N) is 1. The Labute approximate surface area is 114 Å². The molecule has 18 heavy (non-hydrogen) atoms. The van der Waals surface area contributed by atoms with Crippen LogP contribution in [-0.4, -0.2) is 24.1 Å². The quantitative estimate of drug-likeness (QED) is 0.685. The van der Waals surface area contributed by atoms with E-state index >= 15 is 0 Å². The Hall–Kier alpha value is -1.14. The second-order valence-corrected chi connectivity index (χ2v) is 5.16. The minimum atomic E-state index is -0.422. The molecule has 0 bridgehead atoms. The summed E-state index contributed by atoms with van der Waals surface area (Å²) in [6, 6.07) is 5.12. The van der Waals surface area contributed by atoms with Gasteiger partial charge >= 0.3 is 5.69 Å². The van der Waals surface area contributed by atoms with Crippen molar-refractivity contribution in [1.82, 2.24) is 5.32 Å². The summed E-state index contributed by atoms with van der Waals surface area (Å²) in [6.45, 7) is 1.45. The first-order valence-electron chi connectivity index (χ1n) is 5.97. The lowest BCUT2D eigenvalue weighted by Crippen LogP contribution is -2.38. The zero-order chi connectivity index (χ0) is 13.0. The van der Waals surface area contributed by atoms with Gasteiger partial charge in [0.15, 0.2) is 0 Å². The minimum Gasteiger partial charge on any atom is -0.484 e. The van der Waals surface area contributed by atoms with Gasteiger partial charge in [-0.2, -0.15) is 0 Å². The summed E-state index contributed by atoms with van der Waals surface area (Å²) in [7, 11) is 0. The molecule has 1 saturated heterocycles. The predicted octanol–water partition coefficient (Wildman–Crippen LogP) is 2.88. The van der Waals surface area contributed by atoms with E-state index in [9.17, 15) is 10.1 Å². The molecule has 1 N–H and O–H groups in total. The maximum atomic E-state index is 10.9. The average molecular weight is 315 g/mol. The second kappa shape index (κ2) is 6.15. The third-order valence-corrected chi connectivity index (χ3v) is 3.61. The molecule has 0 amide bonds. The number of benzene rings is 1. The second-order valence-electron chi connectivity index (χ2n) is 4.30. The molecule has 0 aromatic heterocycles. The largest absolute Gasteiger partial charge is 0.484 e. The molecular weight excluding hydrogens is 300 g/mol. The van der Waals surface area contributed by atoms with Gasteiger partial charge in [-0.1, -0.05) is 12.5 Å². The average Bonchev–Trinajstić information content (AvgIpc) is 2.38. The Balaban J connectivity index is 2.05. The molecule has 0 aliphatic carbocycles. The van der Waals surface area contributed by atoms with Crippen molar-refractivity contribution in [2.75, 3.05) is 13.2 Å². The summed E-state index contributed by atoms with van der Waals surface area (Å²) in [6.07, 6.45) is 3.42. The molecular formula is C12H15BrN2O3. The normalized spacial score (nSPS) is 19.5. The fourth-order valence-electron chi connectivity index (χ4n) is 2.03. The van der Waals surface area contributed by atoms with Gasteiger partial charge in [-0.3, -0.25) is 10.1 Å². The summed E-state index contributed by atoms with van der Waals surface area (Å²) in [4.78, 5) is 10.5. The highest BCUT2D eigenvalue weighted by atomic mass is 79.9. The molecule has 0 unspecified atom stereocenters. The van der Waals surface area contributed by atoms with E-state index in [1.807, 2.05) is 0 Å². The molecule has 0 spiro atoms. The van der Waals surface area contributed by atoms with Crippen molar-refractivity contribution in [3.8, 4) is 5.75 Å². The van der Waals surface area contributed by atoms with Crippen LogP contribution in [0.2, 0.25) is 0 Å². The minimum absolute atomic E-state index is 0.000171. The smallest absolute Gasteiger partial charge is 0.312 e. The monoisotopic (exact) mass is 314 g/mol. The van der Waals surface area contributed by atoms with E-state index in [0.717, 1.165) is 13.0 Å². The molecule has 1 aliphatic rings. The molecule has 1 atom stereocenters. The van der Waals surface area contributed by atoms with Crippen LogP contribution >= 0.6 is 15.9 Å². The van der Waals surface area contributed by atoms with E-state index < -0.39 is 4.92 Å². The van der Waals surface area contributed by atoms with E-state index in [1.54, 1.807) is 12.1 Å². The lowest BCUT2D eigenvalue weighted by molar-refractivity contribution is -0.386. The van der Waals surface area contributed by atoms with E-state index in [1.165, 1.54) is 18.9 Å². The Bertz CT molecular complexity index is 433. The zero-order valence-electron chi connectivity index (χ0n) is 9.89. The SMILES string of the molecule is O=[N+]([O-])c1cccc(Br)c1OC[C@@H]1CCCCN1. The van der Waals surface area contributed by atoms with Crippen molar-refractivity contribution in [3.05, 3.63) is 32.8 Å². The van der Waals surface area contributed by atoms with E-state index in [4.69, 9.17) is 4.74 Å². The lowest BCUT2D eigenvalue weighted by atomic mass is 10.1. The predicted molar refractivity (Wildman–Crippen MR) is 71.9 cm³/mol. The fraction of sp³-hybridized carbons (Fsp3) is 0.500. The van der Waals surface area contributed by atoms with E-state index in [-0.39, 0.29) is 11.7 Å². The van der Waals surface area contributed by atoms with Crippen LogP contribution in [0.3, 0.4) is 0 Å². The van der Waals surface area contributed by atoms with E-state index in [2.05, 4.69) is 21.2 Å². The van der Waals surface area contributed by atoms with Gasteiger partial charge in [-0.05, 0) is 41.4 Å². The number of nitro groups is 1. The number of nitro benzene ring substituents is 1. The van der Waals surface area contributed by atoms with Crippen LogP contribution in [0, 0.1) is 10.1 Å². The van der Waals surface area contributed by atoms with Gasteiger partial charge in [-0.25, -0.2) is 0 Å². The van der Waals surface area contributed by atoms with Crippen molar-refractivity contribution in [3.63, 3.8) is 0 Å². The van der Waals surface area contributed by atoms with Crippen LogP contribution in [0.25, 0.3) is 0 Å². The van der Waals surface area contributed by atoms with Crippen molar-refractivity contribution >= 4 is 21.6 Å². The lowest BCUT2D eigenvalue weighted by Gasteiger charge is -2.23. The van der Waals surface area contributed by atoms with Crippen LogP contribution in [-0.2, 0) is 0 Å². The number of rotatable bonds is 4. The molecule has 1 heterocycles. The van der Waals surface area contributed by atoms with Crippen molar-refractivity contribution < 1.29 is 9.66 Å². The Morgan fingerprint density at radius 2 is 2.33 bits per heavy atom. The Kier molecular flexibility index (Phi) is 4.54. The highest BCUT2D eigenvalue weighted by Crippen LogP contribution is 2.34. The third-order valence-electron chi connectivity index (χ3n) is 2.98. The number of hydrogen-bond acceptors (Lipinski definition) is 4. The first-order chi connectivity index (χ1) is 8.68. The van der Waals surface area contributed by atoms with Crippen LogP contribution in [0.1, 0.15) is 19.3 Å². The number of nitrogens with zero attached hydrogens (tertiary/aromatic N) is 1. The number of halogens is 1. The van der Waals surface area contributed by atoms with Gasteiger partial charge in [0.25, 0.3) is 0 Å². The summed E-state index contributed by atoms with van der Waals surface area (Å²) in [5.41, 5.74) is 0.000171.